The molecular formula is C15H24N2O3. The quantitative estimate of drug-likeness (QED) is 0.566. The zero-order chi connectivity index (χ0) is 15.0. The maximum Gasteiger partial charge on any atom is 0.260 e. The molecule has 0 bridgehead atoms. The molecule has 0 aliphatic carbocycles. The molecule has 0 fully saturated rings. The van der Waals surface area contributed by atoms with Gasteiger partial charge in [0.25, 0.3) is 5.91 Å². The Labute approximate surface area is 120 Å². The number of carbonyl (C=O) groups is 1. The fourth-order valence-electron chi connectivity index (χ4n) is 1.77. The zero-order valence-electron chi connectivity index (χ0n) is 12.4. The summed E-state index contributed by atoms with van der Waals surface area (Å²) in [5.74, 6) is 1.03. The van der Waals surface area contributed by atoms with E-state index < -0.39 is 6.10 Å². The van der Waals surface area contributed by atoms with Crippen LogP contribution in [0, 0.1) is 0 Å². The molecule has 0 heterocycles. The van der Waals surface area contributed by atoms with Gasteiger partial charge in [0.2, 0.25) is 0 Å². The normalized spacial score (nSPS) is 11.8. The van der Waals surface area contributed by atoms with Crippen molar-refractivity contribution in [2.24, 2.45) is 0 Å². The maximum atomic E-state index is 11.8. The molecule has 0 spiro atoms. The molecule has 20 heavy (non-hydrogen) atoms. The van der Waals surface area contributed by atoms with Gasteiger partial charge in [-0.05, 0) is 25.5 Å². The van der Waals surface area contributed by atoms with E-state index in [0.29, 0.717) is 23.7 Å². The molecule has 1 aromatic rings. The minimum absolute atomic E-state index is 0.115. The van der Waals surface area contributed by atoms with E-state index in [1.807, 2.05) is 0 Å². The Morgan fingerprint density at radius 1 is 1.40 bits per heavy atom. The van der Waals surface area contributed by atoms with Gasteiger partial charge in [0.05, 0.1) is 12.8 Å². The lowest BCUT2D eigenvalue weighted by atomic mass is 10.2. The fourth-order valence-corrected chi connectivity index (χ4v) is 1.77. The maximum absolute atomic E-state index is 11.8. The highest BCUT2D eigenvalue weighted by Crippen LogP contribution is 2.26. The van der Waals surface area contributed by atoms with Crippen LogP contribution in [0.3, 0.4) is 0 Å². The van der Waals surface area contributed by atoms with Gasteiger partial charge in [0.1, 0.15) is 11.5 Å². The van der Waals surface area contributed by atoms with Gasteiger partial charge in [-0.15, -0.1) is 0 Å². The standard InChI is InChI=1S/C15H24N2O3/c1-4-5-6-9-17-15(18)11(2)20-12-7-8-14(19-3)13(16)10-12/h7-8,10-11H,4-6,9,16H2,1-3H3,(H,17,18). The highest BCUT2D eigenvalue weighted by atomic mass is 16.5. The number of carbonyl (C=O) groups excluding carboxylic acids is 1. The number of nitrogens with two attached hydrogens (primary N) is 1. The van der Waals surface area contributed by atoms with Crippen LogP contribution in [0.1, 0.15) is 33.1 Å². The van der Waals surface area contributed by atoms with E-state index in [4.69, 9.17) is 15.2 Å². The molecule has 1 amide bonds. The van der Waals surface area contributed by atoms with Gasteiger partial charge in [-0.2, -0.15) is 0 Å². The molecule has 0 aliphatic heterocycles. The molecule has 0 saturated heterocycles. The summed E-state index contributed by atoms with van der Waals surface area (Å²) < 4.78 is 10.6. The van der Waals surface area contributed by atoms with Crippen LogP contribution in [0.4, 0.5) is 5.69 Å². The van der Waals surface area contributed by atoms with Crippen molar-refractivity contribution < 1.29 is 14.3 Å². The number of amides is 1. The largest absolute Gasteiger partial charge is 0.495 e. The molecule has 5 heteroatoms. The van der Waals surface area contributed by atoms with Crippen LogP contribution in [0.5, 0.6) is 11.5 Å². The van der Waals surface area contributed by atoms with E-state index in [2.05, 4.69) is 12.2 Å². The molecule has 5 nitrogen and oxygen atoms in total. The van der Waals surface area contributed by atoms with Crippen LogP contribution < -0.4 is 20.5 Å². The predicted molar refractivity (Wildman–Crippen MR) is 80.0 cm³/mol. The number of unbranched alkanes of at least 4 members (excludes halogenated alkanes) is 2. The van der Waals surface area contributed by atoms with Gasteiger partial charge in [-0.1, -0.05) is 19.8 Å². The average Bonchev–Trinajstić information content (AvgIpc) is 2.43. The third-order valence-corrected chi connectivity index (χ3v) is 2.96. The van der Waals surface area contributed by atoms with Gasteiger partial charge in [0, 0.05) is 12.6 Å². The SMILES string of the molecule is CCCCCNC(=O)C(C)Oc1ccc(OC)c(N)c1. The Hall–Kier alpha value is -1.91. The molecule has 1 atom stereocenters. The number of hydrogen-bond donors (Lipinski definition) is 2. The van der Waals surface area contributed by atoms with Gasteiger partial charge in [0.15, 0.2) is 6.10 Å². The third-order valence-electron chi connectivity index (χ3n) is 2.96. The highest BCUT2D eigenvalue weighted by molar-refractivity contribution is 5.80. The first-order valence-corrected chi connectivity index (χ1v) is 6.96. The number of rotatable bonds is 8. The lowest BCUT2D eigenvalue weighted by molar-refractivity contribution is -0.127. The lowest BCUT2D eigenvalue weighted by Gasteiger charge is -2.15. The first-order valence-electron chi connectivity index (χ1n) is 6.96. The van der Waals surface area contributed by atoms with Crippen LogP contribution in [-0.2, 0) is 4.79 Å². The van der Waals surface area contributed by atoms with E-state index in [-0.39, 0.29) is 5.91 Å². The van der Waals surface area contributed by atoms with E-state index in [9.17, 15) is 4.79 Å². The highest BCUT2D eigenvalue weighted by Gasteiger charge is 2.14. The van der Waals surface area contributed by atoms with Crippen molar-refractivity contribution in [3.8, 4) is 11.5 Å². The average molecular weight is 280 g/mol. The van der Waals surface area contributed by atoms with Crippen LogP contribution in [-0.4, -0.2) is 25.7 Å². The summed E-state index contributed by atoms with van der Waals surface area (Å²) in [5.41, 5.74) is 6.28. The van der Waals surface area contributed by atoms with Crippen LogP contribution in [0.25, 0.3) is 0 Å². The number of nitrogen functional groups attached to an aromatic ring is 1. The van der Waals surface area contributed by atoms with E-state index in [0.717, 1.165) is 19.3 Å². The molecule has 0 aliphatic rings. The predicted octanol–water partition coefficient (Wildman–Crippen LogP) is 2.35. The summed E-state index contributed by atoms with van der Waals surface area (Å²) in [6.45, 7) is 4.53. The second-order valence-electron chi connectivity index (χ2n) is 4.66. The fraction of sp³-hybridized carbons (Fsp3) is 0.533. The smallest absolute Gasteiger partial charge is 0.260 e. The summed E-state index contributed by atoms with van der Waals surface area (Å²) in [6, 6.07) is 5.10. The first kappa shape index (κ1) is 16.1. The molecule has 0 aromatic heterocycles. The van der Waals surface area contributed by atoms with Gasteiger partial charge in [-0.25, -0.2) is 0 Å². The van der Waals surface area contributed by atoms with Crippen molar-refractivity contribution in [3.63, 3.8) is 0 Å². The number of ether oxygens (including phenoxy) is 2. The number of methoxy groups -OCH3 is 1. The van der Waals surface area contributed by atoms with Gasteiger partial charge in [-0.3, -0.25) is 4.79 Å². The molecule has 0 radical (unpaired) electrons. The molecule has 1 unspecified atom stereocenters. The van der Waals surface area contributed by atoms with Crippen molar-refractivity contribution in [1.82, 2.24) is 5.32 Å². The Bertz CT molecular complexity index is 435. The van der Waals surface area contributed by atoms with E-state index >= 15 is 0 Å². The topological polar surface area (TPSA) is 73.6 Å². The van der Waals surface area contributed by atoms with E-state index in [1.165, 1.54) is 0 Å². The van der Waals surface area contributed by atoms with Gasteiger partial charge < -0.3 is 20.5 Å². The van der Waals surface area contributed by atoms with Crippen LogP contribution in [0.2, 0.25) is 0 Å². The van der Waals surface area contributed by atoms with Crippen LogP contribution in [0.15, 0.2) is 18.2 Å². The van der Waals surface area contributed by atoms with Gasteiger partial charge >= 0.3 is 0 Å². The molecule has 112 valence electrons. The molecule has 1 aromatic carbocycles. The molecular weight excluding hydrogens is 256 g/mol. The second kappa shape index (κ2) is 8.30. The summed E-state index contributed by atoms with van der Waals surface area (Å²) in [7, 11) is 1.55. The summed E-state index contributed by atoms with van der Waals surface area (Å²) in [4.78, 5) is 11.8. The minimum Gasteiger partial charge on any atom is -0.495 e. The number of anilines is 1. The Kier molecular flexibility index (Phi) is 6.70. The molecule has 1 rings (SSSR count). The molecule has 0 saturated carbocycles. The minimum atomic E-state index is -0.551. The third kappa shape index (κ3) is 4.99. The second-order valence-corrected chi connectivity index (χ2v) is 4.66. The number of benzene rings is 1. The Morgan fingerprint density at radius 3 is 2.75 bits per heavy atom. The monoisotopic (exact) mass is 280 g/mol. The summed E-state index contributed by atoms with van der Waals surface area (Å²) >= 11 is 0. The first-order chi connectivity index (χ1) is 9.58. The Balaban J connectivity index is 2.46. The lowest BCUT2D eigenvalue weighted by Crippen LogP contribution is -2.36. The van der Waals surface area contributed by atoms with Crippen molar-refractivity contribution >= 4 is 11.6 Å². The zero-order valence-corrected chi connectivity index (χ0v) is 12.4. The summed E-state index contributed by atoms with van der Waals surface area (Å²) in [6.07, 6.45) is 2.69. The molecule has 3 N–H and O–H groups in total. The number of hydrogen-bond acceptors (Lipinski definition) is 4. The Morgan fingerprint density at radius 2 is 2.15 bits per heavy atom. The van der Waals surface area contributed by atoms with Crippen molar-refractivity contribution in [2.75, 3.05) is 19.4 Å². The van der Waals surface area contributed by atoms with Crippen molar-refractivity contribution in [3.05, 3.63) is 18.2 Å². The van der Waals surface area contributed by atoms with Crippen LogP contribution >= 0.6 is 0 Å². The summed E-state index contributed by atoms with van der Waals surface area (Å²) in [5, 5.41) is 2.85. The van der Waals surface area contributed by atoms with Crippen molar-refractivity contribution in [2.45, 2.75) is 39.2 Å². The van der Waals surface area contributed by atoms with E-state index in [1.54, 1.807) is 32.2 Å². The van der Waals surface area contributed by atoms with Crippen molar-refractivity contribution in [1.29, 1.82) is 0 Å². The number of nitrogens with one attached hydrogen (secondary N) is 1.